The van der Waals surface area contributed by atoms with Crippen LogP contribution in [-0.4, -0.2) is 23.9 Å². The summed E-state index contributed by atoms with van der Waals surface area (Å²) in [4.78, 5) is 11.6. The Bertz CT molecular complexity index is 413. The van der Waals surface area contributed by atoms with Crippen LogP contribution in [0.25, 0.3) is 0 Å². The van der Waals surface area contributed by atoms with E-state index in [0.717, 1.165) is 21.8 Å². The van der Waals surface area contributed by atoms with E-state index in [0.29, 0.717) is 5.92 Å². The second kappa shape index (κ2) is 5.96. The fourth-order valence-electron chi connectivity index (χ4n) is 1.60. The fraction of sp³-hybridized carbons (Fsp3) is 0.462. The summed E-state index contributed by atoms with van der Waals surface area (Å²) in [6, 6.07) is 4.01. The lowest BCUT2D eigenvalue weighted by molar-refractivity contribution is -0.133. The van der Waals surface area contributed by atoms with E-state index in [-0.39, 0.29) is 5.75 Å². The molecule has 0 atom stereocenters. The number of hydrogen-bond acceptors (Lipinski definition) is 3. The number of carboxylic acids is 1. The summed E-state index contributed by atoms with van der Waals surface area (Å²) in [5, 5.41) is 8.70. The van der Waals surface area contributed by atoms with Crippen LogP contribution in [0.5, 0.6) is 5.75 Å². The van der Waals surface area contributed by atoms with Crippen molar-refractivity contribution in [1.82, 2.24) is 0 Å². The van der Waals surface area contributed by atoms with Crippen molar-refractivity contribution >= 4 is 17.7 Å². The van der Waals surface area contributed by atoms with Gasteiger partial charge in [0.25, 0.3) is 0 Å². The maximum Gasteiger partial charge on any atom is 0.313 e. The van der Waals surface area contributed by atoms with Gasteiger partial charge in [0.05, 0.1) is 12.9 Å². The molecule has 4 heteroatoms. The van der Waals surface area contributed by atoms with Crippen molar-refractivity contribution in [2.75, 3.05) is 12.9 Å². The van der Waals surface area contributed by atoms with E-state index < -0.39 is 5.97 Å². The van der Waals surface area contributed by atoms with E-state index in [1.165, 1.54) is 11.8 Å². The molecule has 0 aliphatic rings. The second-order valence-corrected chi connectivity index (χ2v) is 5.21. The Balaban J connectivity index is 3.06. The quantitative estimate of drug-likeness (QED) is 0.819. The molecule has 0 saturated heterocycles. The molecule has 0 spiro atoms. The number of aliphatic carboxylic acids is 1. The number of methoxy groups -OCH3 is 1. The molecule has 3 nitrogen and oxygen atoms in total. The van der Waals surface area contributed by atoms with E-state index >= 15 is 0 Å². The average molecular weight is 254 g/mol. The van der Waals surface area contributed by atoms with Gasteiger partial charge in [0.1, 0.15) is 5.75 Å². The highest BCUT2D eigenvalue weighted by Crippen LogP contribution is 2.33. The molecule has 17 heavy (non-hydrogen) atoms. The molecule has 0 heterocycles. The number of rotatable bonds is 5. The molecule has 1 N–H and O–H groups in total. The number of aryl methyl sites for hydroxylation is 1. The zero-order chi connectivity index (χ0) is 13.0. The largest absolute Gasteiger partial charge is 0.496 e. The first-order valence-electron chi connectivity index (χ1n) is 5.48. The van der Waals surface area contributed by atoms with Crippen molar-refractivity contribution in [3.8, 4) is 5.75 Å². The monoisotopic (exact) mass is 254 g/mol. The van der Waals surface area contributed by atoms with Gasteiger partial charge in [-0.15, -0.1) is 11.8 Å². The number of carboxylic acid groups (broad SMARTS) is 1. The Kier molecular flexibility index (Phi) is 4.87. The number of hydrogen-bond donors (Lipinski definition) is 1. The molecule has 1 aromatic carbocycles. The average Bonchev–Trinajstić information content (AvgIpc) is 2.26. The first kappa shape index (κ1) is 13.9. The lowest BCUT2D eigenvalue weighted by atomic mass is 10.0. The zero-order valence-corrected chi connectivity index (χ0v) is 11.4. The van der Waals surface area contributed by atoms with Gasteiger partial charge < -0.3 is 9.84 Å². The van der Waals surface area contributed by atoms with Gasteiger partial charge in [-0.3, -0.25) is 4.79 Å². The van der Waals surface area contributed by atoms with Crippen LogP contribution in [0.15, 0.2) is 17.0 Å². The second-order valence-electron chi connectivity index (χ2n) is 4.20. The molecule has 1 rings (SSSR count). The molecule has 1 aromatic rings. The smallest absolute Gasteiger partial charge is 0.313 e. The Hall–Kier alpha value is -1.16. The van der Waals surface area contributed by atoms with E-state index in [1.54, 1.807) is 7.11 Å². The predicted molar refractivity (Wildman–Crippen MR) is 70.2 cm³/mol. The summed E-state index contributed by atoms with van der Waals surface area (Å²) in [6.07, 6.45) is 0. The third-order valence-corrected chi connectivity index (χ3v) is 3.64. The lowest BCUT2D eigenvalue weighted by Crippen LogP contribution is -2.00. The first-order chi connectivity index (χ1) is 7.95. The van der Waals surface area contributed by atoms with Gasteiger partial charge >= 0.3 is 5.97 Å². The SMILES string of the molecule is COc1cc(C)c(SCC(=O)O)cc1C(C)C. The summed E-state index contributed by atoms with van der Waals surface area (Å²) in [5.41, 5.74) is 2.17. The van der Waals surface area contributed by atoms with Crippen LogP contribution in [0, 0.1) is 6.92 Å². The maximum atomic E-state index is 10.6. The van der Waals surface area contributed by atoms with Crippen LogP contribution in [0.3, 0.4) is 0 Å². The van der Waals surface area contributed by atoms with Crippen LogP contribution in [0.4, 0.5) is 0 Å². The summed E-state index contributed by atoms with van der Waals surface area (Å²) >= 11 is 1.35. The number of thioether (sulfide) groups is 1. The minimum absolute atomic E-state index is 0.0880. The number of carbonyl (C=O) groups is 1. The summed E-state index contributed by atoms with van der Waals surface area (Å²) < 4.78 is 5.34. The van der Waals surface area contributed by atoms with E-state index in [1.807, 2.05) is 19.1 Å². The Morgan fingerprint density at radius 3 is 2.59 bits per heavy atom. The van der Waals surface area contributed by atoms with Gasteiger partial charge in [0.15, 0.2) is 0 Å². The van der Waals surface area contributed by atoms with Gasteiger partial charge in [0.2, 0.25) is 0 Å². The van der Waals surface area contributed by atoms with Crippen molar-refractivity contribution in [2.24, 2.45) is 0 Å². The van der Waals surface area contributed by atoms with Crippen LogP contribution in [0.1, 0.15) is 30.9 Å². The lowest BCUT2D eigenvalue weighted by Gasteiger charge is -2.15. The standard InChI is InChI=1S/C13H18O3S/c1-8(2)10-6-12(17-7-13(14)15)9(3)5-11(10)16-4/h5-6,8H,7H2,1-4H3,(H,14,15). The highest BCUT2D eigenvalue weighted by Gasteiger charge is 2.12. The normalized spacial score (nSPS) is 10.6. The molecule has 0 bridgehead atoms. The molecule has 0 radical (unpaired) electrons. The molecule has 0 unspecified atom stereocenters. The number of benzene rings is 1. The van der Waals surface area contributed by atoms with Gasteiger partial charge in [-0.05, 0) is 36.1 Å². The summed E-state index contributed by atoms with van der Waals surface area (Å²) in [6.45, 7) is 6.16. The maximum absolute atomic E-state index is 10.6. The topological polar surface area (TPSA) is 46.5 Å². The highest BCUT2D eigenvalue weighted by atomic mass is 32.2. The molecule has 0 saturated carbocycles. The van der Waals surface area contributed by atoms with Crippen molar-refractivity contribution in [3.63, 3.8) is 0 Å². The fourth-order valence-corrected chi connectivity index (χ4v) is 2.38. The predicted octanol–water partition coefficient (Wildman–Crippen LogP) is 3.30. The van der Waals surface area contributed by atoms with Crippen molar-refractivity contribution < 1.29 is 14.6 Å². The molecular formula is C13H18O3S. The molecule has 0 aliphatic heterocycles. The Morgan fingerprint density at radius 2 is 2.12 bits per heavy atom. The van der Waals surface area contributed by atoms with Gasteiger partial charge in [-0.25, -0.2) is 0 Å². The van der Waals surface area contributed by atoms with E-state index in [4.69, 9.17) is 9.84 Å². The van der Waals surface area contributed by atoms with Crippen LogP contribution in [-0.2, 0) is 4.79 Å². The van der Waals surface area contributed by atoms with Crippen LogP contribution < -0.4 is 4.74 Å². The van der Waals surface area contributed by atoms with Crippen LogP contribution in [0.2, 0.25) is 0 Å². The van der Waals surface area contributed by atoms with Crippen molar-refractivity contribution in [2.45, 2.75) is 31.6 Å². The van der Waals surface area contributed by atoms with Crippen molar-refractivity contribution in [1.29, 1.82) is 0 Å². The molecule has 0 aliphatic carbocycles. The van der Waals surface area contributed by atoms with Crippen molar-refractivity contribution in [3.05, 3.63) is 23.3 Å². The highest BCUT2D eigenvalue weighted by molar-refractivity contribution is 8.00. The third kappa shape index (κ3) is 3.66. The molecule has 0 aromatic heterocycles. The Morgan fingerprint density at radius 1 is 1.47 bits per heavy atom. The zero-order valence-electron chi connectivity index (χ0n) is 10.6. The summed E-state index contributed by atoms with van der Waals surface area (Å²) in [7, 11) is 1.66. The molecular weight excluding hydrogens is 236 g/mol. The molecule has 0 fully saturated rings. The molecule has 94 valence electrons. The van der Waals surface area contributed by atoms with Crippen LogP contribution >= 0.6 is 11.8 Å². The van der Waals surface area contributed by atoms with E-state index in [2.05, 4.69) is 13.8 Å². The first-order valence-corrected chi connectivity index (χ1v) is 6.47. The van der Waals surface area contributed by atoms with Gasteiger partial charge in [-0.2, -0.15) is 0 Å². The minimum Gasteiger partial charge on any atom is -0.496 e. The van der Waals surface area contributed by atoms with Gasteiger partial charge in [0, 0.05) is 4.90 Å². The van der Waals surface area contributed by atoms with Gasteiger partial charge in [-0.1, -0.05) is 13.8 Å². The number of ether oxygens (including phenoxy) is 1. The minimum atomic E-state index is -0.795. The third-order valence-electron chi connectivity index (χ3n) is 2.50. The molecule has 0 amide bonds. The summed E-state index contributed by atoms with van der Waals surface area (Å²) in [5.74, 6) is 0.522. The van der Waals surface area contributed by atoms with E-state index in [9.17, 15) is 4.79 Å². The Labute approximate surface area is 106 Å².